The fraction of sp³-hybridized carbons (Fsp3) is 0.158. The summed E-state index contributed by atoms with van der Waals surface area (Å²) in [5.74, 6) is 1.17. The minimum Gasteiger partial charge on any atom is -0.437 e. The summed E-state index contributed by atoms with van der Waals surface area (Å²) in [6, 6.07) is 3.71. The number of nitrogens with zero attached hydrogens (tertiary/aromatic N) is 2. The zero-order valence-electron chi connectivity index (χ0n) is 13.5. The zero-order chi connectivity index (χ0) is 16.4. The van der Waals surface area contributed by atoms with Gasteiger partial charge in [0, 0.05) is 17.7 Å². The van der Waals surface area contributed by atoms with Crippen molar-refractivity contribution in [3.63, 3.8) is 0 Å². The summed E-state index contributed by atoms with van der Waals surface area (Å²) in [4.78, 5) is 8.93. The first-order chi connectivity index (χ1) is 11.1. The van der Waals surface area contributed by atoms with Crippen molar-refractivity contribution in [3.05, 3.63) is 60.4 Å². The van der Waals surface area contributed by atoms with E-state index in [1.54, 1.807) is 6.08 Å². The molecule has 0 unspecified atom stereocenters. The maximum atomic E-state index is 5.84. The summed E-state index contributed by atoms with van der Waals surface area (Å²) in [5, 5.41) is 0. The molecule has 0 atom stereocenters. The Bertz CT molecular complexity index is 917. The maximum Gasteiger partial charge on any atom is 0.222 e. The molecule has 116 valence electrons. The van der Waals surface area contributed by atoms with Gasteiger partial charge in [-0.1, -0.05) is 36.5 Å². The predicted octanol–water partition coefficient (Wildman–Crippen LogP) is 5.54. The smallest absolute Gasteiger partial charge is 0.222 e. The van der Waals surface area contributed by atoms with Crippen LogP contribution in [0.4, 0.5) is 0 Å². The lowest BCUT2D eigenvalue weighted by molar-refractivity contribution is 0.584. The monoisotopic (exact) mass is 306 g/mol. The summed E-state index contributed by atoms with van der Waals surface area (Å²) < 4.78 is 11.5. The molecule has 0 spiro atoms. The number of allylic oxidation sites excluding steroid dienone is 6. The van der Waals surface area contributed by atoms with Gasteiger partial charge in [-0.25, -0.2) is 9.97 Å². The van der Waals surface area contributed by atoms with Crippen LogP contribution in [0.5, 0.6) is 0 Å². The van der Waals surface area contributed by atoms with Gasteiger partial charge in [0.25, 0.3) is 0 Å². The molecule has 1 aromatic carbocycles. The van der Waals surface area contributed by atoms with Crippen molar-refractivity contribution in [1.82, 2.24) is 9.97 Å². The maximum absolute atomic E-state index is 5.84. The molecule has 0 amide bonds. The lowest BCUT2D eigenvalue weighted by Crippen LogP contribution is -1.77. The molecule has 0 bridgehead atoms. The Morgan fingerprint density at radius 3 is 2.43 bits per heavy atom. The topological polar surface area (TPSA) is 52.1 Å². The number of hydrogen-bond donors (Lipinski definition) is 0. The van der Waals surface area contributed by atoms with Gasteiger partial charge in [-0.15, -0.1) is 0 Å². The second kappa shape index (κ2) is 6.08. The molecule has 0 aliphatic rings. The Morgan fingerprint density at radius 2 is 1.74 bits per heavy atom. The van der Waals surface area contributed by atoms with Crippen LogP contribution in [0.3, 0.4) is 0 Å². The first kappa shape index (κ1) is 15.0. The number of benzene rings is 1. The van der Waals surface area contributed by atoms with Crippen molar-refractivity contribution in [1.29, 1.82) is 0 Å². The van der Waals surface area contributed by atoms with Crippen LogP contribution < -0.4 is 0 Å². The van der Waals surface area contributed by atoms with Gasteiger partial charge in [-0.3, -0.25) is 0 Å². The van der Waals surface area contributed by atoms with E-state index in [-0.39, 0.29) is 0 Å². The fourth-order valence-electron chi connectivity index (χ4n) is 2.15. The standard InChI is InChI=1S/C19H18N2O2/c1-5-7-18-20-14-10-17-15(11-16(14)22-18)21-19(23-17)13(4)9-8-12(3)6-2/h5-11H,2H2,1,3-4H3/b7-5+,12-8-,13-9+. The zero-order valence-corrected chi connectivity index (χ0v) is 13.5. The molecular weight excluding hydrogens is 288 g/mol. The minimum atomic E-state index is 0.580. The molecule has 0 saturated carbocycles. The van der Waals surface area contributed by atoms with Gasteiger partial charge in [0.15, 0.2) is 11.2 Å². The van der Waals surface area contributed by atoms with Gasteiger partial charge in [0.05, 0.1) is 0 Å². The summed E-state index contributed by atoms with van der Waals surface area (Å²) in [7, 11) is 0. The van der Waals surface area contributed by atoms with Gasteiger partial charge < -0.3 is 8.83 Å². The lowest BCUT2D eigenvalue weighted by Gasteiger charge is -1.92. The fourth-order valence-corrected chi connectivity index (χ4v) is 2.15. The molecule has 0 aliphatic heterocycles. The summed E-state index contributed by atoms with van der Waals surface area (Å²) >= 11 is 0. The highest BCUT2D eigenvalue weighted by molar-refractivity contribution is 5.90. The highest BCUT2D eigenvalue weighted by atomic mass is 16.4. The number of fused-ring (bicyclic) bond motifs is 2. The van der Waals surface area contributed by atoms with E-state index < -0.39 is 0 Å². The Hall–Kier alpha value is -2.88. The van der Waals surface area contributed by atoms with Crippen LogP contribution >= 0.6 is 0 Å². The van der Waals surface area contributed by atoms with Crippen LogP contribution in [0, 0.1) is 0 Å². The highest BCUT2D eigenvalue weighted by Gasteiger charge is 2.11. The quantitative estimate of drug-likeness (QED) is 0.594. The molecule has 0 radical (unpaired) electrons. The number of hydrogen-bond acceptors (Lipinski definition) is 4. The van der Waals surface area contributed by atoms with Crippen molar-refractivity contribution in [2.45, 2.75) is 20.8 Å². The molecular formula is C19H18N2O2. The third kappa shape index (κ3) is 3.01. The van der Waals surface area contributed by atoms with Crippen molar-refractivity contribution in [2.24, 2.45) is 0 Å². The van der Waals surface area contributed by atoms with Crippen LogP contribution in [0.15, 0.2) is 57.4 Å². The molecule has 2 aromatic heterocycles. The summed E-state index contributed by atoms with van der Waals surface area (Å²) in [6.45, 7) is 9.61. The van der Waals surface area contributed by atoms with Crippen molar-refractivity contribution in [2.75, 3.05) is 0 Å². The van der Waals surface area contributed by atoms with Gasteiger partial charge in [-0.2, -0.15) is 0 Å². The van der Waals surface area contributed by atoms with Crippen LogP contribution in [0.2, 0.25) is 0 Å². The molecule has 0 saturated heterocycles. The summed E-state index contributed by atoms with van der Waals surface area (Å²) in [5.41, 5.74) is 4.95. The highest BCUT2D eigenvalue weighted by Crippen LogP contribution is 2.26. The van der Waals surface area contributed by atoms with Gasteiger partial charge in [-0.05, 0) is 26.8 Å². The average molecular weight is 306 g/mol. The molecule has 0 N–H and O–H groups in total. The molecule has 4 heteroatoms. The summed E-state index contributed by atoms with van der Waals surface area (Å²) in [6.07, 6.45) is 9.46. The molecule has 0 aliphatic carbocycles. The molecule has 2 heterocycles. The predicted molar refractivity (Wildman–Crippen MR) is 93.9 cm³/mol. The third-order valence-electron chi connectivity index (χ3n) is 3.48. The Kier molecular flexibility index (Phi) is 3.98. The Morgan fingerprint density at radius 1 is 1.04 bits per heavy atom. The van der Waals surface area contributed by atoms with Crippen LogP contribution in [0.1, 0.15) is 32.6 Å². The molecule has 0 fully saturated rings. The SMILES string of the molecule is C=C/C(C)=C\C=C(/C)c1nc2cc3oc(/C=C/C)nc3cc2o1. The molecule has 3 aromatic rings. The first-order valence-corrected chi connectivity index (χ1v) is 7.42. The van der Waals surface area contributed by atoms with E-state index >= 15 is 0 Å². The Balaban J connectivity index is 2.04. The minimum absolute atomic E-state index is 0.580. The van der Waals surface area contributed by atoms with Crippen molar-refractivity contribution < 1.29 is 8.83 Å². The van der Waals surface area contributed by atoms with Crippen LogP contribution in [0.25, 0.3) is 33.8 Å². The third-order valence-corrected chi connectivity index (χ3v) is 3.48. The normalized spacial score (nSPS) is 13.5. The largest absolute Gasteiger partial charge is 0.437 e. The molecule has 23 heavy (non-hydrogen) atoms. The first-order valence-electron chi connectivity index (χ1n) is 7.42. The average Bonchev–Trinajstić information content (AvgIpc) is 3.12. The van der Waals surface area contributed by atoms with E-state index in [9.17, 15) is 0 Å². The van der Waals surface area contributed by atoms with Gasteiger partial charge in [0.2, 0.25) is 11.8 Å². The number of oxazole rings is 2. The van der Waals surface area contributed by atoms with Gasteiger partial charge >= 0.3 is 0 Å². The van der Waals surface area contributed by atoms with Gasteiger partial charge in [0.1, 0.15) is 11.0 Å². The molecule has 4 nitrogen and oxygen atoms in total. The Labute approximate surface area is 134 Å². The van der Waals surface area contributed by atoms with E-state index in [1.165, 1.54) is 0 Å². The van der Waals surface area contributed by atoms with E-state index in [4.69, 9.17) is 8.83 Å². The lowest BCUT2D eigenvalue weighted by atomic mass is 10.2. The van der Waals surface area contributed by atoms with Crippen LogP contribution in [-0.4, -0.2) is 9.97 Å². The second-order valence-electron chi connectivity index (χ2n) is 5.32. The van der Waals surface area contributed by atoms with Crippen molar-refractivity contribution in [3.8, 4) is 0 Å². The second-order valence-corrected chi connectivity index (χ2v) is 5.32. The van der Waals surface area contributed by atoms with E-state index in [2.05, 4.69) is 16.5 Å². The van der Waals surface area contributed by atoms with Crippen molar-refractivity contribution >= 4 is 33.8 Å². The van der Waals surface area contributed by atoms with E-state index in [1.807, 2.05) is 57.2 Å². The van der Waals surface area contributed by atoms with Crippen LogP contribution in [-0.2, 0) is 0 Å². The number of aromatic nitrogens is 2. The van der Waals surface area contributed by atoms with E-state index in [0.717, 1.165) is 22.2 Å². The molecule has 3 rings (SSSR count). The number of rotatable bonds is 4. The van der Waals surface area contributed by atoms with E-state index in [0.29, 0.717) is 22.9 Å².